The molecule has 5 heteroatoms. The van der Waals surface area contributed by atoms with Crippen LogP contribution in [0.4, 0.5) is 10.5 Å². The van der Waals surface area contributed by atoms with Crippen LogP contribution in [0.2, 0.25) is 0 Å². The topological polar surface area (TPSA) is 61.6 Å². The van der Waals surface area contributed by atoms with E-state index < -0.39 is 6.03 Å². The number of benzene rings is 1. The van der Waals surface area contributed by atoms with Gasteiger partial charge < -0.3 is 11.1 Å². The average molecular weight is 248 g/mol. The van der Waals surface area contributed by atoms with E-state index >= 15 is 0 Å². The Labute approximate surface area is 108 Å². The second-order valence-corrected chi connectivity index (χ2v) is 4.55. The zero-order valence-corrected chi connectivity index (χ0v) is 10.7. The SMILES string of the molecule is CN(C(N)=O)c1ccccc1CN1CCNCC1. The highest BCUT2D eigenvalue weighted by molar-refractivity contribution is 5.90. The van der Waals surface area contributed by atoms with Gasteiger partial charge in [-0.1, -0.05) is 18.2 Å². The summed E-state index contributed by atoms with van der Waals surface area (Å²) < 4.78 is 0. The molecule has 0 bridgehead atoms. The van der Waals surface area contributed by atoms with E-state index in [-0.39, 0.29) is 0 Å². The van der Waals surface area contributed by atoms with E-state index in [4.69, 9.17) is 5.73 Å². The number of piperazine rings is 1. The number of rotatable bonds is 3. The Bertz CT molecular complexity index is 415. The van der Waals surface area contributed by atoms with Crippen molar-refractivity contribution in [1.82, 2.24) is 10.2 Å². The summed E-state index contributed by atoms with van der Waals surface area (Å²) in [5.74, 6) is 0. The second kappa shape index (κ2) is 5.84. The van der Waals surface area contributed by atoms with Gasteiger partial charge in [0.05, 0.1) is 0 Å². The monoisotopic (exact) mass is 248 g/mol. The number of carbonyl (C=O) groups is 1. The molecule has 1 fully saturated rings. The van der Waals surface area contributed by atoms with Crippen molar-refractivity contribution in [2.75, 3.05) is 38.1 Å². The van der Waals surface area contributed by atoms with Crippen molar-refractivity contribution in [3.05, 3.63) is 29.8 Å². The van der Waals surface area contributed by atoms with Gasteiger partial charge in [-0.25, -0.2) is 4.79 Å². The molecule has 0 saturated carbocycles. The minimum absolute atomic E-state index is 0.428. The summed E-state index contributed by atoms with van der Waals surface area (Å²) >= 11 is 0. The molecule has 2 rings (SSSR count). The Morgan fingerprint density at radius 3 is 2.72 bits per heavy atom. The smallest absolute Gasteiger partial charge is 0.319 e. The van der Waals surface area contributed by atoms with Gasteiger partial charge in [0.25, 0.3) is 0 Å². The second-order valence-electron chi connectivity index (χ2n) is 4.55. The predicted molar refractivity (Wildman–Crippen MR) is 72.6 cm³/mol. The van der Waals surface area contributed by atoms with Gasteiger partial charge in [0.1, 0.15) is 0 Å². The van der Waals surface area contributed by atoms with Gasteiger partial charge in [-0.2, -0.15) is 0 Å². The fourth-order valence-electron chi connectivity index (χ4n) is 2.20. The maximum atomic E-state index is 11.3. The molecule has 3 N–H and O–H groups in total. The highest BCUT2D eigenvalue weighted by atomic mass is 16.2. The van der Waals surface area contributed by atoms with Crippen LogP contribution in [0, 0.1) is 0 Å². The van der Waals surface area contributed by atoms with Gasteiger partial charge in [0.2, 0.25) is 0 Å². The average Bonchev–Trinajstić information content (AvgIpc) is 2.39. The molecule has 1 aliphatic heterocycles. The molecule has 1 aromatic rings. The summed E-state index contributed by atoms with van der Waals surface area (Å²) in [7, 11) is 1.71. The number of nitrogens with zero attached hydrogens (tertiary/aromatic N) is 2. The molecule has 5 nitrogen and oxygen atoms in total. The van der Waals surface area contributed by atoms with Gasteiger partial charge in [-0.15, -0.1) is 0 Å². The molecular weight excluding hydrogens is 228 g/mol. The lowest BCUT2D eigenvalue weighted by molar-refractivity contribution is 0.233. The standard InChI is InChI=1S/C13H20N4O/c1-16(13(14)18)12-5-3-2-4-11(12)10-17-8-6-15-7-9-17/h2-5,15H,6-10H2,1H3,(H2,14,18). The zero-order chi connectivity index (χ0) is 13.0. The number of nitrogens with two attached hydrogens (primary N) is 1. The predicted octanol–water partition coefficient (Wildman–Crippen LogP) is 0.607. The maximum Gasteiger partial charge on any atom is 0.319 e. The molecule has 18 heavy (non-hydrogen) atoms. The molecule has 1 heterocycles. The van der Waals surface area contributed by atoms with Crippen molar-refractivity contribution in [2.24, 2.45) is 5.73 Å². The third kappa shape index (κ3) is 3.00. The van der Waals surface area contributed by atoms with Crippen LogP contribution in [0.5, 0.6) is 0 Å². The number of urea groups is 1. The summed E-state index contributed by atoms with van der Waals surface area (Å²) in [5, 5.41) is 3.33. The van der Waals surface area contributed by atoms with Gasteiger partial charge in [-0.3, -0.25) is 9.80 Å². The fraction of sp³-hybridized carbons (Fsp3) is 0.462. The van der Waals surface area contributed by atoms with Crippen LogP contribution in [0.1, 0.15) is 5.56 Å². The lowest BCUT2D eigenvalue weighted by Gasteiger charge is -2.29. The number of primary amides is 1. The molecular formula is C13H20N4O. The van der Waals surface area contributed by atoms with E-state index in [2.05, 4.69) is 16.3 Å². The number of hydrogen-bond donors (Lipinski definition) is 2. The molecule has 1 aliphatic rings. The molecule has 0 spiro atoms. The normalized spacial score (nSPS) is 16.5. The van der Waals surface area contributed by atoms with E-state index in [1.54, 1.807) is 7.05 Å². The lowest BCUT2D eigenvalue weighted by atomic mass is 10.1. The van der Waals surface area contributed by atoms with Gasteiger partial charge in [0, 0.05) is 45.5 Å². The van der Waals surface area contributed by atoms with Crippen LogP contribution in [0.3, 0.4) is 0 Å². The summed E-state index contributed by atoms with van der Waals surface area (Å²) in [6, 6.07) is 7.48. The Kier molecular flexibility index (Phi) is 4.17. The van der Waals surface area contributed by atoms with Crippen molar-refractivity contribution in [2.45, 2.75) is 6.54 Å². The highest BCUT2D eigenvalue weighted by Gasteiger charge is 2.15. The Morgan fingerprint density at radius 1 is 1.39 bits per heavy atom. The first-order valence-corrected chi connectivity index (χ1v) is 6.22. The summed E-state index contributed by atoms with van der Waals surface area (Å²) in [5.41, 5.74) is 7.37. The lowest BCUT2D eigenvalue weighted by Crippen LogP contribution is -2.43. The first kappa shape index (κ1) is 12.9. The minimum atomic E-state index is -0.428. The van der Waals surface area contributed by atoms with Crippen LogP contribution in [-0.4, -0.2) is 44.2 Å². The number of anilines is 1. The number of para-hydroxylation sites is 1. The number of hydrogen-bond acceptors (Lipinski definition) is 3. The molecule has 1 aromatic carbocycles. The Balaban J connectivity index is 2.13. The zero-order valence-electron chi connectivity index (χ0n) is 10.7. The molecule has 1 saturated heterocycles. The third-order valence-electron chi connectivity index (χ3n) is 3.29. The Morgan fingerprint density at radius 2 is 2.06 bits per heavy atom. The molecule has 0 radical (unpaired) electrons. The molecule has 0 aliphatic carbocycles. The maximum absolute atomic E-state index is 11.3. The van der Waals surface area contributed by atoms with E-state index in [0.717, 1.165) is 44.0 Å². The minimum Gasteiger partial charge on any atom is -0.351 e. The molecule has 0 atom stereocenters. The van der Waals surface area contributed by atoms with Crippen LogP contribution < -0.4 is 16.0 Å². The number of carbonyl (C=O) groups excluding carboxylic acids is 1. The third-order valence-corrected chi connectivity index (χ3v) is 3.29. The van der Waals surface area contributed by atoms with Gasteiger partial charge >= 0.3 is 6.03 Å². The van der Waals surface area contributed by atoms with E-state index in [0.29, 0.717) is 0 Å². The molecule has 0 unspecified atom stereocenters. The van der Waals surface area contributed by atoms with Crippen molar-refractivity contribution in [1.29, 1.82) is 0 Å². The van der Waals surface area contributed by atoms with Crippen LogP contribution in [0.15, 0.2) is 24.3 Å². The first-order valence-electron chi connectivity index (χ1n) is 6.22. The van der Waals surface area contributed by atoms with Crippen molar-refractivity contribution >= 4 is 11.7 Å². The van der Waals surface area contributed by atoms with Crippen LogP contribution in [-0.2, 0) is 6.54 Å². The van der Waals surface area contributed by atoms with Crippen LogP contribution in [0.25, 0.3) is 0 Å². The van der Waals surface area contributed by atoms with Crippen LogP contribution >= 0.6 is 0 Å². The van der Waals surface area contributed by atoms with Gasteiger partial charge in [-0.05, 0) is 11.6 Å². The summed E-state index contributed by atoms with van der Waals surface area (Å²) in [4.78, 5) is 15.1. The number of amides is 2. The number of nitrogens with one attached hydrogen (secondary N) is 1. The largest absolute Gasteiger partial charge is 0.351 e. The summed E-state index contributed by atoms with van der Waals surface area (Å²) in [6.45, 7) is 4.97. The Hall–Kier alpha value is -1.59. The van der Waals surface area contributed by atoms with Crippen molar-refractivity contribution in [3.8, 4) is 0 Å². The van der Waals surface area contributed by atoms with E-state index in [1.165, 1.54) is 4.90 Å². The van der Waals surface area contributed by atoms with E-state index in [1.807, 2.05) is 18.2 Å². The van der Waals surface area contributed by atoms with E-state index in [9.17, 15) is 4.79 Å². The van der Waals surface area contributed by atoms with Crippen molar-refractivity contribution in [3.63, 3.8) is 0 Å². The first-order chi connectivity index (χ1) is 8.68. The van der Waals surface area contributed by atoms with Crippen molar-refractivity contribution < 1.29 is 4.79 Å². The summed E-state index contributed by atoms with van der Waals surface area (Å²) in [6.07, 6.45) is 0. The quantitative estimate of drug-likeness (QED) is 0.823. The highest BCUT2D eigenvalue weighted by Crippen LogP contribution is 2.20. The fourth-order valence-corrected chi connectivity index (χ4v) is 2.20. The molecule has 2 amide bonds. The molecule has 98 valence electrons. The van der Waals surface area contributed by atoms with Gasteiger partial charge in [0.15, 0.2) is 0 Å². The molecule has 0 aromatic heterocycles.